The number of hydrogen-bond donors (Lipinski definition) is 2. The van der Waals surface area contributed by atoms with Crippen molar-refractivity contribution in [3.8, 4) is 11.5 Å². The second-order valence-electron chi connectivity index (χ2n) is 4.81. The average Bonchev–Trinajstić information content (AvgIpc) is 2.55. The summed E-state index contributed by atoms with van der Waals surface area (Å²) in [6.45, 7) is 0.603. The monoisotopic (exact) mass is 302 g/mol. The van der Waals surface area contributed by atoms with Gasteiger partial charge in [-0.2, -0.15) is 0 Å². The molecule has 1 aliphatic heterocycles. The minimum Gasteiger partial charge on any atom is -0.486 e. The number of rotatable bonds is 3. The molecule has 2 aromatic rings. The number of amides is 2. The smallest absolute Gasteiger partial charge is 0.319 e. The van der Waals surface area contributed by atoms with Gasteiger partial charge in [-0.05, 0) is 24.3 Å². The predicted octanol–water partition coefficient (Wildman–Crippen LogP) is 2.79. The van der Waals surface area contributed by atoms with Crippen molar-refractivity contribution in [1.29, 1.82) is 0 Å². The summed E-state index contributed by atoms with van der Waals surface area (Å²) in [7, 11) is 0. The second-order valence-corrected chi connectivity index (χ2v) is 4.81. The van der Waals surface area contributed by atoms with E-state index < -0.39 is 11.8 Å². The third-order valence-electron chi connectivity index (χ3n) is 3.18. The van der Waals surface area contributed by atoms with Gasteiger partial charge in [0.15, 0.2) is 17.6 Å². The first-order valence-corrected chi connectivity index (χ1v) is 6.90. The van der Waals surface area contributed by atoms with E-state index in [1.807, 2.05) is 18.2 Å². The van der Waals surface area contributed by atoms with Gasteiger partial charge in [0.2, 0.25) is 0 Å². The Kier molecular flexibility index (Phi) is 4.09. The van der Waals surface area contributed by atoms with E-state index >= 15 is 0 Å². The van der Waals surface area contributed by atoms with Gasteiger partial charge in [0.25, 0.3) is 0 Å². The van der Waals surface area contributed by atoms with Crippen LogP contribution in [0.3, 0.4) is 0 Å². The maximum absolute atomic E-state index is 13.4. The summed E-state index contributed by atoms with van der Waals surface area (Å²) in [5.74, 6) is 0.855. The maximum atomic E-state index is 13.4. The van der Waals surface area contributed by atoms with Crippen molar-refractivity contribution in [3.63, 3.8) is 0 Å². The Morgan fingerprint density at radius 1 is 1.14 bits per heavy atom. The van der Waals surface area contributed by atoms with Crippen LogP contribution in [0.4, 0.5) is 14.9 Å². The minimum absolute atomic E-state index is 0.131. The molecule has 5 nitrogen and oxygen atoms in total. The van der Waals surface area contributed by atoms with E-state index in [0.29, 0.717) is 18.1 Å². The topological polar surface area (TPSA) is 59.6 Å². The number of anilines is 1. The SMILES string of the molecule is O=C(NC[C@H]1COc2ccccc2O1)Nc1ccccc1F. The van der Waals surface area contributed by atoms with Crippen molar-refractivity contribution in [3.05, 3.63) is 54.3 Å². The molecule has 0 spiro atoms. The fraction of sp³-hybridized carbons (Fsp3) is 0.188. The molecule has 0 saturated carbocycles. The second kappa shape index (κ2) is 6.34. The Bertz CT molecular complexity index is 678. The minimum atomic E-state index is -0.493. The molecule has 0 fully saturated rings. The average molecular weight is 302 g/mol. The van der Waals surface area contributed by atoms with Crippen LogP contribution in [0, 0.1) is 5.82 Å². The highest BCUT2D eigenvalue weighted by molar-refractivity contribution is 5.89. The molecule has 2 aromatic carbocycles. The molecule has 0 unspecified atom stereocenters. The van der Waals surface area contributed by atoms with E-state index in [1.165, 1.54) is 12.1 Å². The molecule has 2 amide bonds. The van der Waals surface area contributed by atoms with Crippen molar-refractivity contribution in [2.45, 2.75) is 6.10 Å². The lowest BCUT2D eigenvalue weighted by Crippen LogP contribution is -2.42. The lowest BCUT2D eigenvalue weighted by molar-refractivity contribution is 0.0922. The largest absolute Gasteiger partial charge is 0.486 e. The van der Waals surface area contributed by atoms with E-state index in [0.717, 1.165) is 0 Å². The van der Waals surface area contributed by atoms with Crippen LogP contribution >= 0.6 is 0 Å². The first kappa shape index (κ1) is 14.2. The molecular formula is C16H15FN2O3. The molecule has 6 heteroatoms. The Balaban J connectivity index is 1.51. The molecular weight excluding hydrogens is 287 g/mol. The van der Waals surface area contributed by atoms with Gasteiger partial charge in [0.1, 0.15) is 12.4 Å². The van der Waals surface area contributed by atoms with Gasteiger partial charge in [-0.1, -0.05) is 24.3 Å². The van der Waals surface area contributed by atoms with Crippen LogP contribution in [0.5, 0.6) is 11.5 Å². The third-order valence-corrected chi connectivity index (χ3v) is 3.18. The summed E-state index contributed by atoms with van der Waals surface area (Å²) in [4.78, 5) is 11.8. The first-order valence-electron chi connectivity index (χ1n) is 6.90. The lowest BCUT2D eigenvalue weighted by atomic mass is 10.2. The number of nitrogens with one attached hydrogen (secondary N) is 2. The molecule has 114 valence electrons. The molecule has 1 aliphatic rings. The van der Waals surface area contributed by atoms with Crippen LogP contribution in [0.1, 0.15) is 0 Å². The zero-order valence-corrected chi connectivity index (χ0v) is 11.7. The number of halogens is 1. The van der Waals surface area contributed by atoms with Gasteiger partial charge in [0, 0.05) is 0 Å². The number of carbonyl (C=O) groups is 1. The molecule has 0 saturated heterocycles. The number of fused-ring (bicyclic) bond motifs is 1. The summed E-state index contributed by atoms with van der Waals surface area (Å²) in [6, 6.07) is 12.8. The molecule has 3 rings (SSSR count). The Labute approximate surface area is 127 Å². The summed E-state index contributed by atoms with van der Waals surface area (Å²) < 4.78 is 24.7. The standard InChI is InChI=1S/C16H15FN2O3/c17-12-5-1-2-6-13(12)19-16(20)18-9-11-10-21-14-7-3-4-8-15(14)22-11/h1-8,11H,9-10H2,(H2,18,19,20)/t11-/m0/s1. The maximum Gasteiger partial charge on any atom is 0.319 e. The van der Waals surface area contributed by atoms with Crippen molar-refractivity contribution in [2.75, 3.05) is 18.5 Å². The van der Waals surface area contributed by atoms with E-state index in [9.17, 15) is 9.18 Å². The van der Waals surface area contributed by atoms with Gasteiger partial charge in [-0.3, -0.25) is 0 Å². The fourth-order valence-corrected chi connectivity index (χ4v) is 2.10. The van der Waals surface area contributed by atoms with E-state index in [1.54, 1.807) is 18.2 Å². The summed E-state index contributed by atoms with van der Waals surface area (Å²) >= 11 is 0. The summed E-state index contributed by atoms with van der Waals surface area (Å²) in [5, 5.41) is 5.08. The normalized spacial score (nSPS) is 16.0. The van der Waals surface area contributed by atoms with Crippen LogP contribution in [0.15, 0.2) is 48.5 Å². The quantitative estimate of drug-likeness (QED) is 0.916. The summed E-state index contributed by atoms with van der Waals surface area (Å²) in [5.41, 5.74) is 0.131. The highest BCUT2D eigenvalue weighted by Gasteiger charge is 2.21. The Morgan fingerprint density at radius 3 is 2.68 bits per heavy atom. The van der Waals surface area contributed by atoms with Crippen molar-refractivity contribution >= 4 is 11.7 Å². The molecule has 1 heterocycles. The van der Waals surface area contributed by atoms with Gasteiger partial charge in [0.05, 0.1) is 12.2 Å². The number of hydrogen-bond acceptors (Lipinski definition) is 3. The molecule has 0 radical (unpaired) electrons. The van der Waals surface area contributed by atoms with Crippen LogP contribution in [0.25, 0.3) is 0 Å². The van der Waals surface area contributed by atoms with Crippen molar-refractivity contribution in [1.82, 2.24) is 5.32 Å². The van der Waals surface area contributed by atoms with Crippen molar-refractivity contribution in [2.24, 2.45) is 0 Å². The van der Waals surface area contributed by atoms with Gasteiger partial charge >= 0.3 is 6.03 Å². The number of para-hydroxylation sites is 3. The van der Waals surface area contributed by atoms with Gasteiger partial charge in [-0.25, -0.2) is 9.18 Å². The zero-order chi connectivity index (χ0) is 15.4. The Hall–Kier alpha value is -2.76. The van der Waals surface area contributed by atoms with Crippen LogP contribution in [-0.2, 0) is 0 Å². The third kappa shape index (κ3) is 3.28. The van der Waals surface area contributed by atoms with E-state index in [-0.39, 0.29) is 18.3 Å². The molecule has 22 heavy (non-hydrogen) atoms. The van der Waals surface area contributed by atoms with Crippen LogP contribution in [0.2, 0.25) is 0 Å². The van der Waals surface area contributed by atoms with Crippen molar-refractivity contribution < 1.29 is 18.7 Å². The summed E-state index contributed by atoms with van der Waals surface area (Å²) in [6.07, 6.45) is -0.290. The predicted molar refractivity (Wildman–Crippen MR) is 79.8 cm³/mol. The van der Waals surface area contributed by atoms with Gasteiger partial charge in [-0.15, -0.1) is 0 Å². The number of ether oxygens (including phenoxy) is 2. The number of benzene rings is 2. The number of urea groups is 1. The van der Waals surface area contributed by atoms with Crippen LogP contribution in [-0.4, -0.2) is 25.3 Å². The highest BCUT2D eigenvalue weighted by Crippen LogP contribution is 2.30. The molecule has 2 N–H and O–H groups in total. The van der Waals surface area contributed by atoms with Gasteiger partial charge < -0.3 is 20.1 Å². The lowest BCUT2D eigenvalue weighted by Gasteiger charge is -2.26. The molecule has 0 aromatic heterocycles. The van der Waals surface area contributed by atoms with Crippen LogP contribution < -0.4 is 20.1 Å². The molecule has 0 bridgehead atoms. The molecule has 1 atom stereocenters. The van der Waals surface area contributed by atoms with E-state index in [2.05, 4.69) is 10.6 Å². The van der Waals surface area contributed by atoms with E-state index in [4.69, 9.17) is 9.47 Å². The molecule has 0 aliphatic carbocycles. The highest BCUT2D eigenvalue weighted by atomic mass is 19.1. The number of carbonyl (C=O) groups excluding carboxylic acids is 1. The Morgan fingerprint density at radius 2 is 1.86 bits per heavy atom. The first-order chi connectivity index (χ1) is 10.7. The fourth-order valence-electron chi connectivity index (χ4n) is 2.10. The zero-order valence-electron chi connectivity index (χ0n) is 11.7.